The summed E-state index contributed by atoms with van der Waals surface area (Å²) in [4.78, 5) is 23.4. The summed E-state index contributed by atoms with van der Waals surface area (Å²) in [6, 6.07) is 21.4. The van der Waals surface area contributed by atoms with Crippen molar-refractivity contribution in [1.29, 1.82) is 0 Å². The van der Waals surface area contributed by atoms with E-state index in [-0.39, 0.29) is 11.5 Å². The molecule has 0 spiro atoms. The number of carbonyl (C=O) groups is 2. The summed E-state index contributed by atoms with van der Waals surface area (Å²) in [5.41, 5.74) is 3.34. The zero-order valence-electron chi connectivity index (χ0n) is 17.2. The summed E-state index contributed by atoms with van der Waals surface area (Å²) in [5.74, 6) is 5.90. The van der Waals surface area contributed by atoms with E-state index >= 15 is 0 Å². The lowest BCUT2D eigenvalue weighted by Crippen LogP contribution is -2.22. The summed E-state index contributed by atoms with van der Waals surface area (Å²) < 4.78 is 5.62. The molecule has 0 aliphatic heterocycles. The molecule has 0 aliphatic rings. The maximum absolute atomic E-state index is 12.5. The van der Waals surface area contributed by atoms with Crippen LogP contribution in [0.1, 0.15) is 44.3 Å². The first-order valence-electron chi connectivity index (χ1n) is 9.97. The predicted octanol–water partition coefficient (Wildman–Crippen LogP) is 4.31. The van der Waals surface area contributed by atoms with Gasteiger partial charge in [-0.05, 0) is 48.9 Å². The molecule has 156 valence electrons. The molecule has 0 unspecified atom stereocenters. The lowest BCUT2D eigenvalue weighted by atomic mass is 10.1. The highest BCUT2D eigenvalue weighted by Gasteiger charge is 2.07. The molecule has 0 heterocycles. The third-order valence-corrected chi connectivity index (χ3v) is 4.56. The summed E-state index contributed by atoms with van der Waals surface area (Å²) in [7, 11) is 0. The van der Waals surface area contributed by atoms with Gasteiger partial charge in [0.25, 0.3) is 5.91 Å². The molecule has 0 bridgehead atoms. The van der Waals surface area contributed by atoms with E-state index in [1.54, 1.807) is 30.3 Å². The molecule has 0 saturated heterocycles. The topological polar surface area (TPSA) is 75.6 Å². The van der Waals surface area contributed by atoms with Gasteiger partial charge in [-0.15, -0.1) is 0 Å². The fraction of sp³-hybridized carbons (Fsp3) is 0.154. The fourth-order valence-electron chi connectivity index (χ4n) is 2.98. The van der Waals surface area contributed by atoms with Crippen LogP contribution in [0.2, 0.25) is 0 Å². The number of ether oxygens (including phenoxy) is 1. The summed E-state index contributed by atoms with van der Waals surface area (Å²) in [5, 5.41) is 11.8. The van der Waals surface area contributed by atoms with Crippen molar-refractivity contribution in [3.05, 3.63) is 101 Å². The second-order valence-corrected chi connectivity index (χ2v) is 6.78. The van der Waals surface area contributed by atoms with E-state index in [9.17, 15) is 9.59 Å². The van der Waals surface area contributed by atoms with E-state index in [1.165, 1.54) is 12.1 Å². The molecule has 3 aromatic carbocycles. The highest BCUT2D eigenvalue weighted by Crippen LogP contribution is 2.18. The average Bonchev–Trinajstić information content (AvgIpc) is 2.79. The fourth-order valence-corrected chi connectivity index (χ4v) is 2.98. The minimum absolute atomic E-state index is 0.213. The van der Waals surface area contributed by atoms with Gasteiger partial charge in [0.2, 0.25) is 0 Å². The third-order valence-electron chi connectivity index (χ3n) is 4.56. The second-order valence-electron chi connectivity index (χ2n) is 6.78. The number of benzene rings is 3. The molecule has 0 fully saturated rings. The van der Waals surface area contributed by atoms with Crippen LogP contribution in [0.3, 0.4) is 0 Å². The molecule has 0 radical (unpaired) electrons. The molecular formula is C26H23NO4. The van der Waals surface area contributed by atoms with Crippen molar-refractivity contribution in [3.63, 3.8) is 0 Å². The number of carboxylic acids is 1. The maximum Gasteiger partial charge on any atom is 0.335 e. The first-order chi connectivity index (χ1) is 15.1. The number of amides is 1. The van der Waals surface area contributed by atoms with Crippen LogP contribution in [-0.2, 0) is 13.0 Å². The van der Waals surface area contributed by atoms with Gasteiger partial charge in [-0.25, -0.2) is 4.79 Å². The Labute approximate surface area is 181 Å². The van der Waals surface area contributed by atoms with Crippen LogP contribution in [0, 0.1) is 11.8 Å². The normalized spacial score (nSPS) is 9.97. The van der Waals surface area contributed by atoms with E-state index in [1.807, 2.05) is 37.3 Å². The molecule has 5 heteroatoms. The minimum Gasteiger partial charge on any atom is -0.494 e. The minimum atomic E-state index is -0.977. The van der Waals surface area contributed by atoms with E-state index in [4.69, 9.17) is 9.84 Å². The van der Waals surface area contributed by atoms with Crippen molar-refractivity contribution in [2.45, 2.75) is 19.9 Å². The molecule has 3 rings (SSSR count). The standard InChI is InChI=1S/C26H23NO4/c1-2-31-24-12-4-3-9-21(24)10-5-7-19-8-6-11-23(17-19)25(28)27-18-20-13-15-22(16-14-20)26(29)30/h3-4,6,8-9,11-17H,2,10,18H2,1H3,(H,27,28)(H,29,30). The quantitative estimate of drug-likeness (QED) is 0.566. The van der Waals surface area contributed by atoms with Gasteiger partial charge in [0.05, 0.1) is 12.2 Å². The van der Waals surface area contributed by atoms with Crippen LogP contribution in [0.4, 0.5) is 0 Å². The molecule has 2 N–H and O–H groups in total. The Kier molecular flexibility index (Phi) is 7.45. The van der Waals surface area contributed by atoms with E-state index in [0.29, 0.717) is 25.1 Å². The van der Waals surface area contributed by atoms with E-state index in [0.717, 1.165) is 22.4 Å². The lowest BCUT2D eigenvalue weighted by Gasteiger charge is -2.07. The van der Waals surface area contributed by atoms with Crippen LogP contribution < -0.4 is 10.1 Å². The lowest BCUT2D eigenvalue weighted by molar-refractivity contribution is 0.0696. The van der Waals surface area contributed by atoms with Gasteiger partial charge in [0.1, 0.15) is 5.75 Å². The highest BCUT2D eigenvalue weighted by atomic mass is 16.5. The Morgan fingerprint density at radius 1 is 0.968 bits per heavy atom. The van der Waals surface area contributed by atoms with Gasteiger partial charge in [-0.1, -0.05) is 48.2 Å². The largest absolute Gasteiger partial charge is 0.494 e. The Balaban J connectivity index is 1.62. The number of rotatable bonds is 7. The van der Waals surface area contributed by atoms with Crippen LogP contribution in [0.15, 0.2) is 72.8 Å². The Morgan fingerprint density at radius 2 is 1.74 bits per heavy atom. The zero-order valence-corrected chi connectivity index (χ0v) is 17.2. The summed E-state index contributed by atoms with van der Waals surface area (Å²) >= 11 is 0. The molecule has 31 heavy (non-hydrogen) atoms. The van der Waals surface area contributed by atoms with Crippen molar-refractivity contribution >= 4 is 11.9 Å². The second kappa shape index (κ2) is 10.7. The van der Waals surface area contributed by atoms with Crippen LogP contribution >= 0.6 is 0 Å². The molecule has 3 aromatic rings. The van der Waals surface area contributed by atoms with Gasteiger partial charge < -0.3 is 15.2 Å². The Bertz CT molecular complexity index is 1120. The van der Waals surface area contributed by atoms with Crippen LogP contribution in [0.25, 0.3) is 0 Å². The molecule has 0 aromatic heterocycles. The van der Waals surface area contributed by atoms with Gasteiger partial charge in [-0.2, -0.15) is 0 Å². The van der Waals surface area contributed by atoms with Crippen molar-refractivity contribution in [2.75, 3.05) is 6.61 Å². The van der Waals surface area contributed by atoms with Gasteiger partial charge >= 0.3 is 5.97 Å². The molecular weight excluding hydrogens is 390 g/mol. The number of carboxylic acid groups (broad SMARTS) is 1. The highest BCUT2D eigenvalue weighted by molar-refractivity contribution is 5.94. The van der Waals surface area contributed by atoms with Gasteiger partial charge in [0.15, 0.2) is 0 Å². The molecule has 1 amide bonds. The number of carbonyl (C=O) groups excluding carboxylic acids is 1. The SMILES string of the molecule is CCOc1ccccc1CC#Cc1cccc(C(=O)NCc2ccc(C(=O)O)cc2)c1. The van der Waals surface area contributed by atoms with Gasteiger partial charge in [0, 0.05) is 29.7 Å². The predicted molar refractivity (Wildman–Crippen MR) is 119 cm³/mol. The van der Waals surface area contributed by atoms with Crippen molar-refractivity contribution < 1.29 is 19.4 Å². The Hall–Kier alpha value is -4.04. The van der Waals surface area contributed by atoms with Crippen molar-refractivity contribution in [1.82, 2.24) is 5.32 Å². The van der Waals surface area contributed by atoms with Crippen molar-refractivity contribution in [3.8, 4) is 17.6 Å². The molecule has 5 nitrogen and oxygen atoms in total. The Morgan fingerprint density at radius 3 is 2.48 bits per heavy atom. The van der Waals surface area contributed by atoms with Crippen LogP contribution in [0.5, 0.6) is 5.75 Å². The van der Waals surface area contributed by atoms with Gasteiger partial charge in [-0.3, -0.25) is 4.79 Å². The summed E-state index contributed by atoms with van der Waals surface area (Å²) in [6.07, 6.45) is 0.554. The third kappa shape index (κ3) is 6.22. The molecule has 0 aliphatic carbocycles. The number of aromatic carboxylic acids is 1. The molecule has 0 atom stereocenters. The van der Waals surface area contributed by atoms with Crippen molar-refractivity contribution in [2.24, 2.45) is 0 Å². The molecule has 0 saturated carbocycles. The number of para-hydroxylation sites is 1. The zero-order chi connectivity index (χ0) is 22.1. The van der Waals surface area contributed by atoms with E-state index < -0.39 is 5.97 Å². The first kappa shape index (κ1) is 21.7. The smallest absolute Gasteiger partial charge is 0.335 e. The number of hydrogen-bond donors (Lipinski definition) is 2. The average molecular weight is 413 g/mol. The summed E-state index contributed by atoms with van der Waals surface area (Å²) in [6.45, 7) is 2.86. The monoisotopic (exact) mass is 413 g/mol. The number of hydrogen-bond acceptors (Lipinski definition) is 3. The first-order valence-corrected chi connectivity index (χ1v) is 9.97. The van der Waals surface area contributed by atoms with Crippen LogP contribution in [-0.4, -0.2) is 23.6 Å². The van der Waals surface area contributed by atoms with E-state index in [2.05, 4.69) is 17.2 Å². The number of nitrogens with one attached hydrogen (secondary N) is 1. The maximum atomic E-state index is 12.5.